The van der Waals surface area contributed by atoms with E-state index in [-0.39, 0.29) is 11.5 Å². The summed E-state index contributed by atoms with van der Waals surface area (Å²) in [6, 6.07) is 13.3. The van der Waals surface area contributed by atoms with E-state index in [1.54, 1.807) is 36.4 Å². The number of hydrogen-bond donors (Lipinski definition) is 3. The molecule has 172 valence electrons. The highest BCUT2D eigenvalue weighted by molar-refractivity contribution is 7.14. The third-order valence-electron chi connectivity index (χ3n) is 5.14. The molecule has 3 aromatic rings. The molecule has 10 heteroatoms. The van der Waals surface area contributed by atoms with Gasteiger partial charge in [0, 0.05) is 15.7 Å². The summed E-state index contributed by atoms with van der Waals surface area (Å²) in [6.07, 6.45) is 0. The first-order chi connectivity index (χ1) is 15.9. The number of quaternary nitrogens is 1. The number of nitrogens with one attached hydrogen (secondary N) is 3. The van der Waals surface area contributed by atoms with Crippen LogP contribution in [-0.2, 0) is 11.3 Å². The highest BCUT2D eigenvalue weighted by Crippen LogP contribution is 2.29. The summed E-state index contributed by atoms with van der Waals surface area (Å²) in [7, 11) is 0. The lowest BCUT2D eigenvalue weighted by Gasteiger charge is -2.22. The molecule has 0 saturated carbocycles. The zero-order chi connectivity index (χ0) is 23.4. The van der Waals surface area contributed by atoms with Crippen LogP contribution in [0.1, 0.15) is 24.9 Å². The zero-order valence-electron chi connectivity index (χ0n) is 17.4. The molecule has 2 aromatic carbocycles. The number of thiophene rings is 1. The van der Waals surface area contributed by atoms with Crippen LogP contribution in [0.5, 0.6) is 0 Å². The summed E-state index contributed by atoms with van der Waals surface area (Å²) in [5.74, 6) is -0.792. The molecular formula is C23H21Cl3N3O3S+. The Bertz CT molecular complexity index is 1160. The molecule has 3 N–H and O–H groups in total. The Labute approximate surface area is 210 Å². The molecule has 1 saturated heterocycles. The summed E-state index contributed by atoms with van der Waals surface area (Å²) < 4.78 is 5.40. The first-order valence-corrected chi connectivity index (χ1v) is 12.2. The standard InChI is InChI=1S/C23H20Cl3N3O3S/c24-14-1-4-16(5-2-14)27-22(30)18-11-15(25)3-6-20(18)28-23(31)21-19(26)12-17(33-21)13-29-7-9-32-10-8-29/h1-6,11-12H,7-10,13H2,(H,27,30)(H,28,31)/p+1. The van der Waals surface area contributed by atoms with Gasteiger partial charge in [-0.15, -0.1) is 11.3 Å². The number of morpholine rings is 1. The first-order valence-electron chi connectivity index (χ1n) is 10.3. The molecule has 2 heterocycles. The molecule has 1 fully saturated rings. The smallest absolute Gasteiger partial charge is 0.267 e. The quantitative estimate of drug-likeness (QED) is 0.439. The van der Waals surface area contributed by atoms with Crippen LogP contribution in [0.25, 0.3) is 0 Å². The highest BCUT2D eigenvalue weighted by atomic mass is 35.5. The van der Waals surface area contributed by atoms with E-state index in [1.807, 2.05) is 6.07 Å². The average Bonchev–Trinajstić information content (AvgIpc) is 3.17. The van der Waals surface area contributed by atoms with Crippen molar-refractivity contribution in [2.75, 3.05) is 36.9 Å². The fourth-order valence-corrected chi connectivity index (χ4v) is 5.18. The predicted molar refractivity (Wildman–Crippen MR) is 133 cm³/mol. The van der Waals surface area contributed by atoms with Gasteiger partial charge in [-0.05, 0) is 48.5 Å². The molecule has 0 spiro atoms. The molecule has 0 radical (unpaired) electrons. The summed E-state index contributed by atoms with van der Waals surface area (Å²) in [4.78, 5) is 28.7. The van der Waals surface area contributed by atoms with Crippen LogP contribution in [0.3, 0.4) is 0 Å². The minimum atomic E-state index is -0.413. The van der Waals surface area contributed by atoms with Gasteiger partial charge in [0.05, 0.1) is 34.4 Å². The molecule has 1 aliphatic heterocycles. The molecule has 33 heavy (non-hydrogen) atoms. The van der Waals surface area contributed by atoms with Crippen molar-refractivity contribution in [3.8, 4) is 0 Å². The van der Waals surface area contributed by atoms with Crippen LogP contribution in [0, 0.1) is 0 Å². The molecule has 0 unspecified atom stereocenters. The van der Waals surface area contributed by atoms with Gasteiger partial charge in [-0.1, -0.05) is 34.8 Å². The second-order valence-corrected chi connectivity index (χ2v) is 9.95. The lowest BCUT2D eigenvalue weighted by molar-refractivity contribution is -0.921. The van der Waals surface area contributed by atoms with Crippen LogP contribution in [0.4, 0.5) is 11.4 Å². The van der Waals surface area contributed by atoms with Crippen molar-refractivity contribution in [1.82, 2.24) is 0 Å². The number of benzene rings is 2. The number of amides is 2. The minimum Gasteiger partial charge on any atom is -0.370 e. The maximum Gasteiger partial charge on any atom is 0.267 e. The first kappa shape index (κ1) is 24.0. The van der Waals surface area contributed by atoms with E-state index in [1.165, 1.54) is 22.3 Å². The van der Waals surface area contributed by atoms with Crippen molar-refractivity contribution in [2.24, 2.45) is 0 Å². The van der Waals surface area contributed by atoms with E-state index < -0.39 is 5.91 Å². The van der Waals surface area contributed by atoms with Crippen LogP contribution in [-0.4, -0.2) is 38.1 Å². The van der Waals surface area contributed by atoms with Gasteiger partial charge in [0.1, 0.15) is 24.5 Å². The number of halogens is 3. The third kappa shape index (κ3) is 6.26. The van der Waals surface area contributed by atoms with E-state index in [0.29, 0.717) is 31.3 Å². The molecule has 0 bridgehead atoms. The van der Waals surface area contributed by atoms with Gasteiger partial charge in [0.15, 0.2) is 0 Å². The lowest BCUT2D eigenvalue weighted by atomic mass is 10.1. The van der Waals surface area contributed by atoms with Crippen molar-refractivity contribution in [1.29, 1.82) is 0 Å². The zero-order valence-corrected chi connectivity index (χ0v) is 20.5. The second kappa shape index (κ2) is 10.9. The molecule has 1 aliphatic rings. The summed E-state index contributed by atoms with van der Waals surface area (Å²) >= 11 is 19.8. The Kier molecular flexibility index (Phi) is 7.90. The van der Waals surface area contributed by atoms with Crippen LogP contribution >= 0.6 is 46.1 Å². The van der Waals surface area contributed by atoms with Crippen molar-refractivity contribution in [2.45, 2.75) is 6.54 Å². The molecule has 4 rings (SSSR count). The van der Waals surface area contributed by atoms with Gasteiger partial charge in [0.2, 0.25) is 0 Å². The van der Waals surface area contributed by atoms with Gasteiger partial charge < -0.3 is 20.3 Å². The number of ether oxygens (including phenoxy) is 1. The number of rotatable bonds is 6. The Morgan fingerprint density at radius 2 is 1.61 bits per heavy atom. The van der Waals surface area contributed by atoms with E-state index in [9.17, 15) is 9.59 Å². The second-order valence-electron chi connectivity index (χ2n) is 7.53. The van der Waals surface area contributed by atoms with Crippen LogP contribution in [0.2, 0.25) is 15.1 Å². The van der Waals surface area contributed by atoms with E-state index in [2.05, 4.69) is 10.6 Å². The number of carbonyl (C=O) groups excluding carboxylic acids is 2. The van der Waals surface area contributed by atoms with Crippen LogP contribution < -0.4 is 15.5 Å². The lowest BCUT2D eigenvalue weighted by Crippen LogP contribution is -3.12. The molecule has 0 atom stereocenters. The Morgan fingerprint density at radius 1 is 0.909 bits per heavy atom. The summed E-state index contributed by atoms with van der Waals surface area (Å²) in [6.45, 7) is 4.11. The van der Waals surface area contributed by atoms with Crippen molar-refractivity contribution < 1.29 is 19.2 Å². The van der Waals surface area contributed by atoms with Gasteiger partial charge in [-0.3, -0.25) is 9.59 Å². The number of anilines is 2. The number of carbonyl (C=O) groups is 2. The summed E-state index contributed by atoms with van der Waals surface area (Å²) in [5, 5.41) is 6.92. The molecule has 2 amide bonds. The van der Waals surface area contributed by atoms with E-state index in [0.717, 1.165) is 37.7 Å². The Morgan fingerprint density at radius 3 is 2.33 bits per heavy atom. The van der Waals surface area contributed by atoms with Crippen molar-refractivity contribution >= 4 is 69.3 Å². The van der Waals surface area contributed by atoms with Gasteiger partial charge in [-0.2, -0.15) is 0 Å². The maximum atomic E-state index is 13.0. The number of hydrogen-bond acceptors (Lipinski definition) is 4. The fourth-order valence-electron chi connectivity index (χ4n) is 3.47. The molecule has 1 aromatic heterocycles. The van der Waals surface area contributed by atoms with Crippen molar-refractivity contribution in [3.63, 3.8) is 0 Å². The third-order valence-corrected chi connectivity index (χ3v) is 7.18. The monoisotopic (exact) mass is 524 g/mol. The minimum absolute atomic E-state index is 0.233. The normalized spacial score (nSPS) is 14.2. The Hall–Kier alpha value is -2.13. The maximum absolute atomic E-state index is 13.0. The molecular weight excluding hydrogens is 505 g/mol. The fraction of sp³-hybridized carbons (Fsp3) is 0.217. The van der Waals surface area contributed by atoms with Crippen LogP contribution in [0.15, 0.2) is 48.5 Å². The van der Waals surface area contributed by atoms with E-state index >= 15 is 0 Å². The average molecular weight is 526 g/mol. The predicted octanol–water partition coefficient (Wildman–Crippen LogP) is 4.63. The Balaban J connectivity index is 1.50. The SMILES string of the molecule is O=C(Nc1ccc(Cl)cc1)c1cc(Cl)ccc1NC(=O)c1sc(C[NH+]2CCOCC2)cc1Cl. The molecule has 6 nitrogen and oxygen atoms in total. The highest BCUT2D eigenvalue weighted by Gasteiger charge is 2.22. The van der Waals surface area contributed by atoms with E-state index in [4.69, 9.17) is 39.5 Å². The largest absolute Gasteiger partial charge is 0.370 e. The van der Waals surface area contributed by atoms with Gasteiger partial charge >= 0.3 is 0 Å². The summed E-state index contributed by atoms with van der Waals surface area (Å²) in [5.41, 5.74) is 1.13. The van der Waals surface area contributed by atoms with Gasteiger partial charge in [-0.25, -0.2) is 0 Å². The van der Waals surface area contributed by atoms with Crippen molar-refractivity contribution in [3.05, 3.63) is 78.9 Å². The van der Waals surface area contributed by atoms with Gasteiger partial charge in [0.25, 0.3) is 11.8 Å². The topological polar surface area (TPSA) is 71.9 Å². The molecule has 0 aliphatic carbocycles.